The summed E-state index contributed by atoms with van der Waals surface area (Å²) in [6, 6.07) is 5.16. The van der Waals surface area contributed by atoms with Crippen molar-refractivity contribution < 1.29 is 26.8 Å². The van der Waals surface area contributed by atoms with Crippen LogP contribution >= 0.6 is 7.60 Å². The molecule has 1 aromatic carbocycles. The highest BCUT2D eigenvalue weighted by molar-refractivity contribution is 7.53. The van der Waals surface area contributed by atoms with E-state index in [0.29, 0.717) is 18.4 Å². The highest BCUT2D eigenvalue weighted by atomic mass is 31.2. The molecular formula is C14H20F3O3P. The van der Waals surface area contributed by atoms with Gasteiger partial charge in [0.25, 0.3) is 0 Å². The van der Waals surface area contributed by atoms with Crippen molar-refractivity contribution in [3.8, 4) is 0 Å². The van der Waals surface area contributed by atoms with Crippen molar-refractivity contribution in [2.75, 3.05) is 19.4 Å². The molecule has 0 heterocycles. The summed E-state index contributed by atoms with van der Waals surface area (Å²) in [5, 5.41) is 0. The lowest BCUT2D eigenvalue weighted by molar-refractivity contribution is -0.137. The van der Waals surface area contributed by atoms with Crippen LogP contribution in [0.25, 0.3) is 0 Å². The second-order valence-corrected chi connectivity index (χ2v) is 6.66. The predicted octanol–water partition coefficient (Wildman–Crippen LogP) is 4.90. The van der Waals surface area contributed by atoms with Crippen molar-refractivity contribution in [3.63, 3.8) is 0 Å². The largest absolute Gasteiger partial charge is 0.416 e. The number of rotatable bonds is 8. The van der Waals surface area contributed by atoms with E-state index in [9.17, 15) is 17.7 Å². The molecule has 21 heavy (non-hydrogen) atoms. The Morgan fingerprint density at radius 3 is 2.29 bits per heavy atom. The predicted molar refractivity (Wildman–Crippen MR) is 75.5 cm³/mol. The van der Waals surface area contributed by atoms with Gasteiger partial charge in [0.1, 0.15) is 0 Å². The summed E-state index contributed by atoms with van der Waals surface area (Å²) >= 11 is 0. The zero-order valence-corrected chi connectivity index (χ0v) is 13.0. The van der Waals surface area contributed by atoms with Crippen LogP contribution in [0.5, 0.6) is 0 Å². The van der Waals surface area contributed by atoms with Gasteiger partial charge < -0.3 is 9.05 Å². The number of hydrogen-bond donors (Lipinski definition) is 0. The summed E-state index contributed by atoms with van der Waals surface area (Å²) < 4.78 is 60.3. The minimum Gasteiger partial charge on any atom is -0.309 e. The number of aryl methyl sites for hydroxylation is 1. The molecular weight excluding hydrogens is 304 g/mol. The first-order chi connectivity index (χ1) is 9.80. The normalized spacial score (nSPS) is 12.6. The lowest BCUT2D eigenvalue weighted by Gasteiger charge is -2.16. The Hall–Kier alpha value is -0.840. The molecule has 0 spiro atoms. The van der Waals surface area contributed by atoms with Crippen molar-refractivity contribution in [1.29, 1.82) is 0 Å². The van der Waals surface area contributed by atoms with E-state index in [0.717, 1.165) is 12.1 Å². The lowest BCUT2D eigenvalue weighted by atomic mass is 10.1. The third-order valence-electron chi connectivity index (χ3n) is 2.80. The fourth-order valence-electron chi connectivity index (χ4n) is 1.94. The summed E-state index contributed by atoms with van der Waals surface area (Å²) in [6.07, 6.45) is -3.31. The Bertz CT molecular complexity index is 479. The molecule has 3 nitrogen and oxygen atoms in total. The third-order valence-corrected chi connectivity index (χ3v) is 4.97. The van der Waals surface area contributed by atoms with Gasteiger partial charge in [0.15, 0.2) is 0 Å². The Morgan fingerprint density at radius 2 is 1.76 bits per heavy atom. The van der Waals surface area contributed by atoms with Gasteiger partial charge in [-0.15, -0.1) is 0 Å². The van der Waals surface area contributed by atoms with E-state index in [1.54, 1.807) is 19.9 Å². The summed E-state index contributed by atoms with van der Waals surface area (Å²) in [5.74, 6) is 0. The maximum Gasteiger partial charge on any atom is 0.416 e. The van der Waals surface area contributed by atoms with Gasteiger partial charge in [0, 0.05) is 0 Å². The molecule has 0 aromatic heterocycles. The standard InChI is InChI=1S/C14H20F3O3P/c1-3-19-21(18,20-4-2)10-6-8-12-7-5-9-13(11-12)14(15,16)17/h5,7,9,11H,3-4,6,8,10H2,1-2H3. The van der Waals surface area contributed by atoms with Gasteiger partial charge in [0.05, 0.1) is 24.9 Å². The van der Waals surface area contributed by atoms with Gasteiger partial charge in [0.2, 0.25) is 0 Å². The van der Waals surface area contributed by atoms with Crippen LogP contribution in [0, 0.1) is 0 Å². The van der Waals surface area contributed by atoms with Gasteiger partial charge in [-0.25, -0.2) is 0 Å². The van der Waals surface area contributed by atoms with Crippen molar-refractivity contribution in [2.24, 2.45) is 0 Å². The van der Waals surface area contributed by atoms with Crippen LogP contribution in [-0.2, 0) is 26.2 Å². The number of halogens is 3. The molecule has 0 radical (unpaired) electrons. The first-order valence-electron chi connectivity index (χ1n) is 6.85. The van der Waals surface area contributed by atoms with Crippen LogP contribution < -0.4 is 0 Å². The monoisotopic (exact) mass is 324 g/mol. The number of benzene rings is 1. The zero-order valence-electron chi connectivity index (χ0n) is 12.2. The van der Waals surface area contributed by atoms with Crippen molar-refractivity contribution in [3.05, 3.63) is 35.4 Å². The van der Waals surface area contributed by atoms with Crippen molar-refractivity contribution in [1.82, 2.24) is 0 Å². The zero-order chi connectivity index (χ0) is 15.9. The highest BCUT2D eigenvalue weighted by Crippen LogP contribution is 2.48. The molecule has 0 aliphatic carbocycles. The first kappa shape index (κ1) is 18.2. The summed E-state index contributed by atoms with van der Waals surface area (Å²) in [5.41, 5.74) is -0.109. The maximum absolute atomic E-state index is 12.6. The molecule has 7 heteroatoms. The van der Waals surface area contributed by atoms with Gasteiger partial charge >= 0.3 is 13.8 Å². The molecule has 0 unspecified atom stereocenters. The van der Waals surface area contributed by atoms with E-state index in [1.165, 1.54) is 6.07 Å². The Balaban J connectivity index is 2.61. The van der Waals surface area contributed by atoms with Crippen LogP contribution in [0.15, 0.2) is 24.3 Å². The fourth-order valence-corrected chi connectivity index (χ4v) is 3.60. The SMILES string of the molecule is CCOP(=O)(CCCc1cccc(C(F)(F)F)c1)OCC. The average Bonchev–Trinajstić information content (AvgIpc) is 2.38. The number of hydrogen-bond acceptors (Lipinski definition) is 3. The smallest absolute Gasteiger partial charge is 0.309 e. The van der Waals surface area contributed by atoms with Gasteiger partial charge in [-0.05, 0) is 38.3 Å². The molecule has 0 bridgehead atoms. The van der Waals surface area contributed by atoms with Gasteiger partial charge in [-0.2, -0.15) is 13.2 Å². The molecule has 1 aromatic rings. The highest BCUT2D eigenvalue weighted by Gasteiger charge is 2.30. The average molecular weight is 324 g/mol. The van der Waals surface area contributed by atoms with E-state index in [2.05, 4.69) is 0 Å². The van der Waals surface area contributed by atoms with E-state index >= 15 is 0 Å². The number of alkyl halides is 3. The summed E-state index contributed by atoms with van der Waals surface area (Å²) in [6.45, 7) is 4.00. The van der Waals surface area contributed by atoms with Crippen molar-refractivity contribution in [2.45, 2.75) is 32.9 Å². The summed E-state index contributed by atoms with van der Waals surface area (Å²) in [7, 11) is -3.12. The van der Waals surface area contributed by atoms with Crippen LogP contribution in [-0.4, -0.2) is 19.4 Å². The van der Waals surface area contributed by atoms with Crippen LogP contribution in [0.2, 0.25) is 0 Å². The van der Waals surface area contributed by atoms with Crippen molar-refractivity contribution >= 4 is 7.60 Å². The van der Waals surface area contributed by atoms with Crippen LogP contribution in [0.3, 0.4) is 0 Å². The minimum absolute atomic E-state index is 0.199. The third kappa shape index (κ3) is 6.20. The van der Waals surface area contributed by atoms with E-state index in [4.69, 9.17) is 9.05 Å². The molecule has 0 fully saturated rings. The lowest BCUT2D eigenvalue weighted by Crippen LogP contribution is -2.06. The Labute approximate surface area is 123 Å². The second-order valence-electron chi connectivity index (χ2n) is 4.47. The molecule has 0 saturated heterocycles. The molecule has 1 rings (SSSR count). The molecule has 120 valence electrons. The molecule has 0 aliphatic rings. The Kier molecular flexibility index (Phi) is 6.91. The molecule has 0 atom stereocenters. The Morgan fingerprint density at radius 1 is 1.14 bits per heavy atom. The molecule has 0 amide bonds. The maximum atomic E-state index is 12.6. The minimum atomic E-state index is -4.35. The fraction of sp³-hybridized carbons (Fsp3) is 0.571. The first-order valence-corrected chi connectivity index (χ1v) is 8.58. The topological polar surface area (TPSA) is 35.5 Å². The van der Waals surface area contributed by atoms with Gasteiger partial charge in [-0.3, -0.25) is 4.57 Å². The summed E-state index contributed by atoms with van der Waals surface area (Å²) in [4.78, 5) is 0. The molecule has 0 saturated carbocycles. The van der Waals surface area contributed by atoms with E-state index in [1.807, 2.05) is 0 Å². The molecule has 0 aliphatic heterocycles. The molecule has 0 N–H and O–H groups in total. The quantitative estimate of drug-likeness (QED) is 0.638. The van der Waals surface area contributed by atoms with Crippen LogP contribution in [0.4, 0.5) is 13.2 Å². The van der Waals surface area contributed by atoms with E-state index < -0.39 is 19.3 Å². The second kappa shape index (κ2) is 7.97. The van der Waals surface area contributed by atoms with Gasteiger partial charge in [-0.1, -0.05) is 18.2 Å². The van der Waals surface area contributed by atoms with Crippen LogP contribution in [0.1, 0.15) is 31.4 Å². The van der Waals surface area contributed by atoms with E-state index in [-0.39, 0.29) is 19.4 Å².